The molecule has 134 valence electrons. The average Bonchev–Trinajstić information content (AvgIpc) is 2.42. The Kier molecular flexibility index (Phi) is 7.79. The summed E-state index contributed by atoms with van der Waals surface area (Å²) in [5.41, 5.74) is 0.668. The number of aryl methyl sites for hydroxylation is 1. The second-order valence-corrected chi connectivity index (χ2v) is 9.15. The molecule has 0 heterocycles. The van der Waals surface area contributed by atoms with Crippen molar-refractivity contribution in [2.75, 3.05) is 5.75 Å². The maximum atomic E-state index is 9.41. The quantitative estimate of drug-likeness (QED) is 0.621. The standard InChI is InChI=1S/C20H31NO2S/c1-15-8-10-18(11-9-15)24-14-17(23-20(5,6)7)12-16(13-21)22-19(2,3)4/h8-11,16-17H,12,14H2,1-7H3/t16-,17-/m1/s1. The molecule has 1 rings (SSSR count). The van der Waals surface area contributed by atoms with Gasteiger partial charge in [0.2, 0.25) is 0 Å². The van der Waals surface area contributed by atoms with Crippen molar-refractivity contribution in [3.05, 3.63) is 29.8 Å². The number of benzene rings is 1. The lowest BCUT2D eigenvalue weighted by molar-refractivity contribution is -0.0903. The van der Waals surface area contributed by atoms with Crippen molar-refractivity contribution < 1.29 is 9.47 Å². The number of hydrogen-bond acceptors (Lipinski definition) is 4. The number of nitriles is 1. The fourth-order valence-electron chi connectivity index (χ4n) is 2.27. The van der Waals surface area contributed by atoms with Gasteiger partial charge in [0, 0.05) is 17.1 Å². The predicted octanol–water partition coefficient (Wildman–Crippen LogP) is 5.37. The number of rotatable bonds is 7. The summed E-state index contributed by atoms with van der Waals surface area (Å²) in [5.74, 6) is 0.798. The topological polar surface area (TPSA) is 42.2 Å². The first-order valence-corrected chi connectivity index (χ1v) is 9.42. The highest BCUT2D eigenvalue weighted by atomic mass is 32.2. The number of ether oxygens (including phenoxy) is 2. The molecule has 0 radical (unpaired) electrons. The molecule has 0 N–H and O–H groups in total. The van der Waals surface area contributed by atoms with E-state index in [-0.39, 0.29) is 17.3 Å². The lowest BCUT2D eigenvalue weighted by Crippen LogP contribution is -2.35. The summed E-state index contributed by atoms with van der Waals surface area (Å²) in [6.07, 6.45) is 0.0726. The van der Waals surface area contributed by atoms with E-state index in [4.69, 9.17) is 9.47 Å². The Morgan fingerprint density at radius 2 is 1.54 bits per heavy atom. The van der Waals surface area contributed by atoms with Gasteiger partial charge in [-0.2, -0.15) is 5.26 Å². The molecule has 1 aromatic carbocycles. The summed E-state index contributed by atoms with van der Waals surface area (Å²) in [7, 11) is 0. The highest BCUT2D eigenvalue weighted by Gasteiger charge is 2.26. The molecule has 2 atom stereocenters. The van der Waals surface area contributed by atoms with Crippen LogP contribution in [0, 0.1) is 18.3 Å². The monoisotopic (exact) mass is 349 g/mol. The maximum absolute atomic E-state index is 9.41. The lowest BCUT2D eigenvalue weighted by atomic mass is 10.1. The molecule has 0 aliphatic heterocycles. The molecular formula is C20H31NO2S. The average molecular weight is 350 g/mol. The maximum Gasteiger partial charge on any atom is 0.147 e. The van der Waals surface area contributed by atoms with E-state index in [0.717, 1.165) is 5.75 Å². The number of thioether (sulfide) groups is 1. The van der Waals surface area contributed by atoms with Gasteiger partial charge in [0.1, 0.15) is 6.10 Å². The lowest BCUT2D eigenvalue weighted by Gasteiger charge is -2.30. The molecule has 4 heteroatoms. The van der Waals surface area contributed by atoms with Gasteiger partial charge in [-0.05, 0) is 60.6 Å². The van der Waals surface area contributed by atoms with E-state index in [1.165, 1.54) is 10.5 Å². The second kappa shape index (κ2) is 8.89. The van der Waals surface area contributed by atoms with Crippen molar-refractivity contribution in [2.24, 2.45) is 0 Å². The van der Waals surface area contributed by atoms with Crippen molar-refractivity contribution in [1.82, 2.24) is 0 Å². The zero-order valence-electron chi connectivity index (χ0n) is 16.1. The van der Waals surface area contributed by atoms with E-state index >= 15 is 0 Å². The van der Waals surface area contributed by atoms with Crippen LogP contribution in [0.15, 0.2) is 29.2 Å². The first kappa shape index (κ1) is 21.0. The summed E-state index contributed by atoms with van der Waals surface area (Å²) in [5, 5.41) is 9.41. The van der Waals surface area contributed by atoms with Crippen LogP contribution in [0.5, 0.6) is 0 Å². The molecule has 1 aromatic rings. The van der Waals surface area contributed by atoms with Crippen LogP contribution in [0.2, 0.25) is 0 Å². The molecule has 0 spiro atoms. The van der Waals surface area contributed by atoms with Crippen LogP contribution in [0.1, 0.15) is 53.5 Å². The van der Waals surface area contributed by atoms with Crippen molar-refractivity contribution in [3.8, 4) is 6.07 Å². The van der Waals surface area contributed by atoms with Crippen LogP contribution in [-0.4, -0.2) is 29.2 Å². The highest BCUT2D eigenvalue weighted by molar-refractivity contribution is 7.99. The van der Waals surface area contributed by atoms with Gasteiger partial charge in [0.05, 0.1) is 23.4 Å². The Balaban J connectivity index is 2.72. The van der Waals surface area contributed by atoms with E-state index in [9.17, 15) is 5.26 Å². The van der Waals surface area contributed by atoms with E-state index < -0.39 is 6.10 Å². The van der Waals surface area contributed by atoms with E-state index in [2.05, 4.69) is 37.3 Å². The van der Waals surface area contributed by atoms with E-state index in [0.29, 0.717) is 6.42 Å². The largest absolute Gasteiger partial charge is 0.372 e. The first-order valence-electron chi connectivity index (χ1n) is 8.43. The minimum Gasteiger partial charge on any atom is -0.372 e. The van der Waals surface area contributed by atoms with Crippen LogP contribution in [0.4, 0.5) is 0 Å². The van der Waals surface area contributed by atoms with Crippen LogP contribution in [0.25, 0.3) is 0 Å². The Bertz CT molecular complexity index is 535. The predicted molar refractivity (Wildman–Crippen MR) is 101 cm³/mol. The third kappa shape index (κ3) is 9.32. The Morgan fingerprint density at radius 3 is 2.00 bits per heavy atom. The number of nitrogens with zero attached hydrogens (tertiary/aromatic N) is 1. The second-order valence-electron chi connectivity index (χ2n) is 8.06. The zero-order valence-corrected chi connectivity index (χ0v) is 16.9. The van der Waals surface area contributed by atoms with Gasteiger partial charge < -0.3 is 9.47 Å². The van der Waals surface area contributed by atoms with Crippen LogP contribution in [0.3, 0.4) is 0 Å². The van der Waals surface area contributed by atoms with Crippen molar-refractivity contribution in [2.45, 2.75) is 83.2 Å². The summed E-state index contributed by atoms with van der Waals surface area (Å²) >= 11 is 1.76. The third-order valence-corrected chi connectivity index (χ3v) is 4.24. The molecule has 0 saturated carbocycles. The molecule has 0 amide bonds. The summed E-state index contributed by atoms with van der Waals surface area (Å²) in [6.45, 7) is 14.1. The van der Waals surface area contributed by atoms with Crippen LogP contribution < -0.4 is 0 Å². The minimum absolute atomic E-state index is 0.0386. The molecule has 0 saturated heterocycles. The summed E-state index contributed by atoms with van der Waals surface area (Å²) in [6, 6.07) is 10.7. The molecular weight excluding hydrogens is 318 g/mol. The molecule has 0 aliphatic rings. The van der Waals surface area contributed by atoms with Gasteiger partial charge in [-0.15, -0.1) is 11.8 Å². The van der Waals surface area contributed by atoms with E-state index in [1.807, 2.05) is 41.5 Å². The van der Waals surface area contributed by atoms with Gasteiger partial charge in [-0.25, -0.2) is 0 Å². The normalized spacial score (nSPS) is 14.9. The zero-order chi connectivity index (χ0) is 18.4. The Morgan fingerprint density at radius 1 is 1.00 bits per heavy atom. The third-order valence-electron chi connectivity index (χ3n) is 3.09. The Hall–Kier alpha value is -1.02. The molecule has 0 unspecified atom stereocenters. The SMILES string of the molecule is Cc1ccc(SC[C@@H](C[C@H](C#N)OC(C)(C)C)OC(C)(C)C)cc1. The molecule has 0 aromatic heterocycles. The fourth-order valence-corrected chi connectivity index (χ4v) is 3.18. The van der Waals surface area contributed by atoms with Gasteiger partial charge >= 0.3 is 0 Å². The first-order chi connectivity index (χ1) is 11.0. The minimum atomic E-state index is -0.462. The fraction of sp³-hybridized carbons (Fsp3) is 0.650. The smallest absolute Gasteiger partial charge is 0.147 e. The highest BCUT2D eigenvalue weighted by Crippen LogP contribution is 2.25. The summed E-state index contributed by atoms with van der Waals surface area (Å²) < 4.78 is 12.0. The van der Waals surface area contributed by atoms with Crippen LogP contribution >= 0.6 is 11.8 Å². The molecule has 0 fully saturated rings. The van der Waals surface area contributed by atoms with Crippen LogP contribution in [-0.2, 0) is 9.47 Å². The van der Waals surface area contributed by atoms with E-state index in [1.54, 1.807) is 11.8 Å². The number of hydrogen-bond donors (Lipinski definition) is 0. The summed E-state index contributed by atoms with van der Waals surface area (Å²) in [4.78, 5) is 1.22. The van der Waals surface area contributed by atoms with Gasteiger partial charge in [0.15, 0.2) is 0 Å². The molecule has 0 bridgehead atoms. The molecule has 0 aliphatic carbocycles. The Labute approximate surface area is 151 Å². The molecule has 24 heavy (non-hydrogen) atoms. The molecule has 3 nitrogen and oxygen atoms in total. The van der Waals surface area contributed by atoms with Gasteiger partial charge in [0.25, 0.3) is 0 Å². The van der Waals surface area contributed by atoms with Crippen molar-refractivity contribution in [3.63, 3.8) is 0 Å². The van der Waals surface area contributed by atoms with Gasteiger partial charge in [-0.3, -0.25) is 0 Å². The van der Waals surface area contributed by atoms with Crippen molar-refractivity contribution >= 4 is 11.8 Å². The van der Waals surface area contributed by atoms with Gasteiger partial charge in [-0.1, -0.05) is 17.7 Å². The van der Waals surface area contributed by atoms with Crippen molar-refractivity contribution in [1.29, 1.82) is 5.26 Å².